The molecule has 1 aromatic heterocycles. The zero-order valence-electron chi connectivity index (χ0n) is 10.6. The molecule has 0 atom stereocenters. The fourth-order valence-corrected chi connectivity index (χ4v) is 3.15. The SMILES string of the molecule is Cc1ccncc1-c1ccc2c(c1)N(C)S(=O)(=O)N2. The zero-order valence-corrected chi connectivity index (χ0v) is 11.4. The maximum absolute atomic E-state index is 11.7. The molecule has 0 aliphatic carbocycles. The Kier molecular flexibility index (Phi) is 2.50. The highest BCUT2D eigenvalue weighted by atomic mass is 32.2. The summed E-state index contributed by atoms with van der Waals surface area (Å²) in [5.74, 6) is 0. The monoisotopic (exact) mass is 275 g/mol. The van der Waals surface area contributed by atoms with Crippen molar-refractivity contribution in [2.45, 2.75) is 6.92 Å². The van der Waals surface area contributed by atoms with Crippen LogP contribution >= 0.6 is 0 Å². The van der Waals surface area contributed by atoms with Crippen LogP contribution in [0.25, 0.3) is 11.1 Å². The number of aromatic nitrogens is 1. The first-order valence-corrected chi connectivity index (χ1v) is 7.25. The Labute approximate surface area is 112 Å². The van der Waals surface area contributed by atoms with E-state index in [9.17, 15) is 8.42 Å². The van der Waals surface area contributed by atoms with Crippen molar-refractivity contribution in [2.24, 2.45) is 0 Å². The first kappa shape index (κ1) is 12.0. The average molecular weight is 275 g/mol. The minimum absolute atomic E-state index is 0.604. The van der Waals surface area contributed by atoms with Crippen LogP contribution in [0.15, 0.2) is 36.7 Å². The van der Waals surface area contributed by atoms with E-state index in [0.29, 0.717) is 11.4 Å². The van der Waals surface area contributed by atoms with E-state index in [-0.39, 0.29) is 0 Å². The molecule has 98 valence electrons. The van der Waals surface area contributed by atoms with Crippen molar-refractivity contribution in [3.8, 4) is 11.1 Å². The third-order valence-corrected chi connectivity index (χ3v) is 4.68. The highest BCUT2D eigenvalue weighted by Gasteiger charge is 2.29. The van der Waals surface area contributed by atoms with Crippen LogP contribution < -0.4 is 9.03 Å². The van der Waals surface area contributed by atoms with Gasteiger partial charge in [0, 0.05) is 25.0 Å². The molecule has 6 heteroatoms. The van der Waals surface area contributed by atoms with Crippen molar-refractivity contribution in [1.29, 1.82) is 0 Å². The van der Waals surface area contributed by atoms with Crippen molar-refractivity contribution in [3.63, 3.8) is 0 Å². The number of nitrogens with zero attached hydrogens (tertiary/aromatic N) is 2. The average Bonchev–Trinajstić information content (AvgIpc) is 2.61. The standard InChI is InChI=1S/C13H13N3O2S/c1-9-5-6-14-8-11(9)10-3-4-12-13(7-10)16(2)19(17,18)15-12/h3-8,15H,1-2H3. The van der Waals surface area contributed by atoms with Crippen LogP contribution in [-0.4, -0.2) is 20.4 Å². The fraction of sp³-hybridized carbons (Fsp3) is 0.154. The highest BCUT2D eigenvalue weighted by Crippen LogP contribution is 2.38. The van der Waals surface area contributed by atoms with Crippen LogP contribution in [0.5, 0.6) is 0 Å². The van der Waals surface area contributed by atoms with Gasteiger partial charge in [-0.25, -0.2) is 0 Å². The Morgan fingerprint density at radius 2 is 2.05 bits per heavy atom. The van der Waals surface area contributed by atoms with E-state index in [1.807, 2.05) is 25.1 Å². The molecule has 3 rings (SSSR count). The Morgan fingerprint density at radius 1 is 1.26 bits per heavy atom. The molecular weight excluding hydrogens is 262 g/mol. The molecule has 2 aromatic rings. The van der Waals surface area contributed by atoms with E-state index in [2.05, 4.69) is 9.71 Å². The second-order valence-corrected chi connectivity index (χ2v) is 6.20. The molecule has 0 saturated heterocycles. The minimum atomic E-state index is -3.43. The van der Waals surface area contributed by atoms with Gasteiger partial charge in [-0.05, 0) is 36.2 Å². The predicted molar refractivity (Wildman–Crippen MR) is 75.4 cm³/mol. The summed E-state index contributed by atoms with van der Waals surface area (Å²) in [6, 6.07) is 7.46. The van der Waals surface area contributed by atoms with Gasteiger partial charge in [0.2, 0.25) is 0 Å². The smallest absolute Gasteiger partial charge is 0.264 e. The van der Waals surface area contributed by atoms with E-state index in [4.69, 9.17) is 0 Å². The number of hydrogen-bond donors (Lipinski definition) is 1. The molecule has 1 aliphatic heterocycles. The van der Waals surface area contributed by atoms with Gasteiger partial charge in [0.25, 0.3) is 0 Å². The lowest BCUT2D eigenvalue weighted by Gasteiger charge is -2.11. The van der Waals surface area contributed by atoms with Gasteiger partial charge in [0.15, 0.2) is 0 Å². The minimum Gasteiger partial charge on any atom is -0.264 e. The summed E-state index contributed by atoms with van der Waals surface area (Å²) in [5, 5.41) is 0. The molecule has 0 spiro atoms. The van der Waals surface area contributed by atoms with Gasteiger partial charge in [-0.2, -0.15) is 8.42 Å². The largest absolute Gasteiger partial charge is 0.323 e. The normalized spacial score (nSPS) is 16.0. The van der Waals surface area contributed by atoms with Crippen LogP contribution in [0.1, 0.15) is 5.56 Å². The molecular formula is C13H13N3O2S. The second kappa shape index (κ2) is 3.96. The van der Waals surface area contributed by atoms with Crippen LogP contribution in [0, 0.1) is 6.92 Å². The third kappa shape index (κ3) is 1.84. The summed E-state index contributed by atoms with van der Waals surface area (Å²) in [6.07, 6.45) is 3.53. The van der Waals surface area contributed by atoms with E-state index in [1.54, 1.807) is 18.5 Å². The first-order valence-electron chi connectivity index (χ1n) is 5.81. The van der Waals surface area contributed by atoms with Crippen LogP contribution in [0.2, 0.25) is 0 Å². The molecule has 2 heterocycles. The molecule has 0 radical (unpaired) electrons. The Balaban J connectivity index is 2.15. The summed E-state index contributed by atoms with van der Waals surface area (Å²) >= 11 is 0. The Hall–Kier alpha value is -2.08. The second-order valence-electron chi connectivity index (χ2n) is 4.50. The topological polar surface area (TPSA) is 62.3 Å². The molecule has 1 aliphatic rings. The van der Waals surface area contributed by atoms with Crippen molar-refractivity contribution in [1.82, 2.24) is 4.98 Å². The van der Waals surface area contributed by atoms with Crippen LogP contribution in [0.4, 0.5) is 11.4 Å². The number of fused-ring (bicyclic) bond motifs is 1. The van der Waals surface area contributed by atoms with E-state index >= 15 is 0 Å². The van der Waals surface area contributed by atoms with Crippen LogP contribution in [-0.2, 0) is 10.2 Å². The van der Waals surface area contributed by atoms with Crippen molar-refractivity contribution >= 4 is 21.6 Å². The van der Waals surface area contributed by atoms with Gasteiger partial charge in [0.05, 0.1) is 11.4 Å². The van der Waals surface area contributed by atoms with Crippen molar-refractivity contribution in [3.05, 3.63) is 42.2 Å². The summed E-state index contributed by atoms with van der Waals surface area (Å²) in [4.78, 5) is 4.12. The number of aryl methyl sites for hydroxylation is 1. The highest BCUT2D eigenvalue weighted by molar-refractivity contribution is 7.94. The maximum Gasteiger partial charge on any atom is 0.323 e. The van der Waals surface area contributed by atoms with Gasteiger partial charge in [-0.1, -0.05) is 6.07 Å². The quantitative estimate of drug-likeness (QED) is 0.867. The lowest BCUT2D eigenvalue weighted by atomic mass is 10.0. The molecule has 0 saturated carbocycles. The van der Waals surface area contributed by atoms with Gasteiger partial charge in [0.1, 0.15) is 0 Å². The van der Waals surface area contributed by atoms with E-state index in [0.717, 1.165) is 16.7 Å². The molecule has 0 amide bonds. The van der Waals surface area contributed by atoms with Gasteiger partial charge < -0.3 is 0 Å². The summed E-state index contributed by atoms with van der Waals surface area (Å²) in [5.41, 5.74) is 4.32. The molecule has 1 N–H and O–H groups in total. The predicted octanol–water partition coefficient (Wildman–Crippen LogP) is 2.16. The Bertz CT molecular complexity index is 756. The molecule has 5 nitrogen and oxygen atoms in total. The summed E-state index contributed by atoms with van der Waals surface area (Å²) in [7, 11) is -1.89. The third-order valence-electron chi connectivity index (χ3n) is 3.29. The molecule has 0 bridgehead atoms. The summed E-state index contributed by atoms with van der Waals surface area (Å²) in [6.45, 7) is 2.00. The Morgan fingerprint density at radius 3 is 2.79 bits per heavy atom. The fourth-order valence-electron chi connectivity index (χ4n) is 2.15. The molecule has 0 fully saturated rings. The number of nitrogens with one attached hydrogen (secondary N) is 1. The number of pyridine rings is 1. The first-order chi connectivity index (χ1) is 8.99. The maximum atomic E-state index is 11.7. The van der Waals surface area contributed by atoms with Gasteiger partial charge >= 0.3 is 10.2 Å². The number of hydrogen-bond acceptors (Lipinski definition) is 3. The van der Waals surface area contributed by atoms with E-state index in [1.165, 1.54) is 11.4 Å². The lowest BCUT2D eigenvalue weighted by molar-refractivity contribution is 0.601. The van der Waals surface area contributed by atoms with Gasteiger partial charge in [-0.3, -0.25) is 14.0 Å². The van der Waals surface area contributed by atoms with Crippen molar-refractivity contribution in [2.75, 3.05) is 16.1 Å². The molecule has 1 aromatic carbocycles. The lowest BCUT2D eigenvalue weighted by Crippen LogP contribution is -2.25. The van der Waals surface area contributed by atoms with Crippen molar-refractivity contribution < 1.29 is 8.42 Å². The molecule has 19 heavy (non-hydrogen) atoms. The van der Waals surface area contributed by atoms with E-state index < -0.39 is 10.2 Å². The molecule has 0 unspecified atom stereocenters. The zero-order chi connectivity index (χ0) is 13.6. The van der Waals surface area contributed by atoms with Crippen LogP contribution in [0.3, 0.4) is 0 Å². The number of benzene rings is 1. The number of anilines is 2. The van der Waals surface area contributed by atoms with Gasteiger partial charge in [-0.15, -0.1) is 0 Å². The summed E-state index contributed by atoms with van der Waals surface area (Å²) < 4.78 is 27.2. The number of rotatable bonds is 1.